The van der Waals surface area contributed by atoms with E-state index in [0.29, 0.717) is 6.61 Å². The van der Waals surface area contributed by atoms with Crippen LogP contribution in [-0.4, -0.2) is 25.2 Å². The summed E-state index contributed by atoms with van der Waals surface area (Å²) < 4.78 is 10.6. The van der Waals surface area contributed by atoms with Crippen molar-refractivity contribution in [1.82, 2.24) is 4.98 Å². The highest BCUT2D eigenvalue weighted by Crippen LogP contribution is 2.27. The van der Waals surface area contributed by atoms with Crippen LogP contribution >= 0.6 is 0 Å². The number of ether oxygens (including phenoxy) is 2. The fraction of sp³-hybridized carbons (Fsp3) is 0.615. The van der Waals surface area contributed by atoms with Crippen molar-refractivity contribution >= 4 is 0 Å². The zero-order valence-corrected chi connectivity index (χ0v) is 11.1. The summed E-state index contributed by atoms with van der Waals surface area (Å²) in [6, 6.07) is 0.184. The van der Waals surface area contributed by atoms with Gasteiger partial charge in [0.1, 0.15) is 5.75 Å². The fourth-order valence-corrected chi connectivity index (χ4v) is 1.87. The minimum Gasteiger partial charge on any atom is -0.495 e. The van der Waals surface area contributed by atoms with Crippen LogP contribution < -0.4 is 10.5 Å². The molecule has 2 N–H and O–H groups in total. The lowest BCUT2D eigenvalue weighted by Gasteiger charge is -2.16. The Balaban J connectivity index is 3.05. The van der Waals surface area contributed by atoms with Gasteiger partial charge in [0.2, 0.25) is 0 Å². The van der Waals surface area contributed by atoms with Crippen LogP contribution in [0, 0.1) is 6.92 Å². The van der Waals surface area contributed by atoms with Crippen molar-refractivity contribution in [3.63, 3.8) is 0 Å². The van der Waals surface area contributed by atoms with Crippen LogP contribution in [0.4, 0.5) is 0 Å². The van der Waals surface area contributed by atoms with Gasteiger partial charge in [0.15, 0.2) is 0 Å². The Bertz CT molecular complexity index is 365. The van der Waals surface area contributed by atoms with Gasteiger partial charge in [0.25, 0.3) is 0 Å². The number of hydrogen-bond acceptors (Lipinski definition) is 4. The molecule has 0 saturated heterocycles. The molecule has 0 fully saturated rings. The summed E-state index contributed by atoms with van der Waals surface area (Å²) in [6.45, 7) is 4.51. The van der Waals surface area contributed by atoms with E-state index in [2.05, 4.69) is 4.98 Å². The zero-order valence-electron chi connectivity index (χ0n) is 11.1. The summed E-state index contributed by atoms with van der Waals surface area (Å²) in [6.07, 6.45) is 3.68. The molecule has 1 rings (SSSR count). The maximum absolute atomic E-state index is 5.81. The van der Waals surface area contributed by atoms with Gasteiger partial charge in [-0.05, 0) is 26.7 Å². The Hall–Kier alpha value is -1.13. The van der Waals surface area contributed by atoms with Crippen LogP contribution in [0.1, 0.15) is 30.2 Å². The number of aryl methyl sites for hydroxylation is 1. The van der Waals surface area contributed by atoms with E-state index in [1.165, 1.54) is 5.56 Å². The molecule has 1 aromatic rings. The Labute approximate surface area is 103 Å². The highest BCUT2D eigenvalue weighted by molar-refractivity contribution is 5.41. The summed E-state index contributed by atoms with van der Waals surface area (Å²) in [4.78, 5) is 4.32. The van der Waals surface area contributed by atoms with Gasteiger partial charge in [-0.15, -0.1) is 0 Å². The number of hydrogen-bond donors (Lipinski definition) is 1. The molecule has 0 spiro atoms. The molecule has 1 aromatic heterocycles. The van der Waals surface area contributed by atoms with E-state index in [9.17, 15) is 0 Å². The smallest absolute Gasteiger partial charge is 0.143 e. The SMILES string of the molecule is COCc1cnc(C)c(OC)c1CCC(C)N. The molecule has 1 heterocycles. The number of nitrogens with zero attached hydrogens (tertiary/aromatic N) is 1. The highest BCUT2D eigenvalue weighted by atomic mass is 16.5. The number of aromatic nitrogens is 1. The second-order valence-corrected chi connectivity index (χ2v) is 4.33. The van der Waals surface area contributed by atoms with E-state index in [4.69, 9.17) is 15.2 Å². The van der Waals surface area contributed by atoms with Crippen LogP contribution in [0.25, 0.3) is 0 Å². The van der Waals surface area contributed by atoms with Crippen molar-refractivity contribution in [2.24, 2.45) is 5.73 Å². The van der Waals surface area contributed by atoms with Gasteiger partial charge < -0.3 is 15.2 Å². The number of nitrogens with two attached hydrogens (primary N) is 1. The van der Waals surface area contributed by atoms with E-state index < -0.39 is 0 Å². The maximum atomic E-state index is 5.81. The lowest BCUT2D eigenvalue weighted by Crippen LogP contribution is -2.16. The monoisotopic (exact) mass is 238 g/mol. The molecule has 17 heavy (non-hydrogen) atoms. The average Bonchev–Trinajstić information content (AvgIpc) is 2.29. The van der Waals surface area contributed by atoms with E-state index in [0.717, 1.165) is 29.8 Å². The minimum absolute atomic E-state index is 0.184. The first-order valence-corrected chi connectivity index (χ1v) is 5.86. The van der Waals surface area contributed by atoms with E-state index in [1.807, 2.05) is 20.0 Å². The lowest BCUT2D eigenvalue weighted by molar-refractivity contribution is 0.183. The van der Waals surface area contributed by atoms with Gasteiger partial charge in [-0.1, -0.05) is 0 Å². The van der Waals surface area contributed by atoms with Crippen molar-refractivity contribution in [1.29, 1.82) is 0 Å². The molecule has 0 bridgehead atoms. The van der Waals surface area contributed by atoms with Gasteiger partial charge in [-0.2, -0.15) is 0 Å². The van der Waals surface area contributed by atoms with Gasteiger partial charge in [0.05, 0.1) is 19.4 Å². The van der Waals surface area contributed by atoms with Crippen LogP contribution in [0.2, 0.25) is 0 Å². The van der Waals surface area contributed by atoms with Crippen LogP contribution in [0.15, 0.2) is 6.20 Å². The molecule has 1 unspecified atom stereocenters. The molecule has 0 aliphatic rings. The number of methoxy groups -OCH3 is 2. The van der Waals surface area contributed by atoms with Gasteiger partial charge in [0, 0.05) is 30.5 Å². The second-order valence-electron chi connectivity index (χ2n) is 4.33. The van der Waals surface area contributed by atoms with Crippen LogP contribution in [0.5, 0.6) is 5.75 Å². The van der Waals surface area contributed by atoms with Crippen molar-refractivity contribution in [3.05, 3.63) is 23.0 Å². The Kier molecular flexibility index (Phi) is 5.38. The Morgan fingerprint density at radius 3 is 2.65 bits per heavy atom. The third-order valence-corrected chi connectivity index (χ3v) is 2.76. The quantitative estimate of drug-likeness (QED) is 0.821. The summed E-state index contributed by atoms with van der Waals surface area (Å²) >= 11 is 0. The summed E-state index contributed by atoms with van der Waals surface area (Å²) in [5.41, 5.74) is 8.96. The first kappa shape index (κ1) is 13.9. The largest absolute Gasteiger partial charge is 0.495 e. The van der Waals surface area contributed by atoms with Gasteiger partial charge in [-0.3, -0.25) is 4.98 Å². The molecule has 0 aromatic carbocycles. The summed E-state index contributed by atoms with van der Waals surface area (Å²) in [5, 5.41) is 0. The highest BCUT2D eigenvalue weighted by Gasteiger charge is 2.13. The molecule has 4 heteroatoms. The topological polar surface area (TPSA) is 57.4 Å². The molecular formula is C13H22N2O2. The van der Waals surface area contributed by atoms with Crippen molar-refractivity contribution in [2.75, 3.05) is 14.2 Å². The van der Waals surface area contributed by atoms with Crippen LogP contribution in [0.3, 0.4) is 0 Å². The van der Waals surface area contributed by atoms with E-state index in [1.54, 1.807) is 14.2 Å². The third-order valence-electron chi connectivity index (χ3n) is 2.76. The molecule has 0 radical (unpaired) electrons. The van der Waals surface area contributed by atoms with Crippen molar-refractivity contribution in [3.8, 4) is 5.75 Å². The average molecular weight is 238 g/mol. The summed E-state index contributed by atoms with van der Waals surface area (Å²) in [7, 11) is 3.36. The number of rotatable bonds is 6. The molecule has 0 amide bonds. The van der Waals surface area contributed by atoms with Crippen LogP contribution in [-0.2, 0) is 17.8 Å². The standard InChI is InChI=1S/C13H22N2O2/c1-9(14)5-6-12-11(8-16-3)7-15-10(2)13(12)17-4/h7,9H,5-6,8,14H2,1-4H3. The third kappa shape index (κ3) is 3.68. The maximum Gasteiger partial charge on any atom is 0.143 e. The predicted octanol–water partition coefficient (Wildman–Crippen LogP) is 1.82. The van der Waals surface area contributed by atoms with Gasteiger partial charge in [-0.25, -0.2) is 0 Å². The molecule has 4 nitrogen and oxygen atoms in total. The molecule has 0 aliphatic carbocycles. The minimum atomic E-state index is 0.184. The second kappa shape index (κ2) is 6.57. The van der Waals surface area contributed by atoms with E-state index in [-0.39, 0.29) is 6.04 Å². The predicted molar refractivity (Wildman–Crippen MR) is 68.2 cm³/mol. The van der Waals surface area contributed by atoms with Crippen molar-refractivity contribution in [2.45, 2.75) is 39.3 Å². The van der Waals surface area contributed by atoms with E-state index >= 15 is 0 Å². The molecule has 0 saturated carbocycles. The molecule has 0 aliphatic heterocycles. The number of pyridine rings is 1. The fourth-order valence-electron chi connectivity index (χ4n) is 1.87. The normalized spacial score (nSPS) is 12.5. The Morgan fingerprint density at radius 2 is 2.12 bits per heavy atom. The first-order valence-electron chi connectivity index (χ1n) is 5.86. The molecular weight excluding hydrogens is 216 g/mol. The lowest BCUT2D eigenvalue weighted by atomic mass is 10.0. The van der Waals surface area contributed by atoms with Crippen molar-refractivity contribution < 1.29 is 9.47 Å². The molecule has 1 atom stereocenters. The Morgan fingerprint density at radius 1 is 1.41 bits per heavy atom. The zero-order chi connectivity index (χ0) is 12.8. The first-order chi connectivity index (χ1) is 8.10. The molecule has 96 valence electrons. The summed E-state index contributed by atoms with van der Waals surface area (Å²) in [5.74, 6) is 0.861. The van der Waals surface area contributed by atoms with Gasteiger partial charge >= 0.3 is 0 Å².